The Balaban J connectivity index is 1.99. The van der Waals surface area contributed by atoms with Gasteiger partial charge >= 0.3 is 6.08 Å². The molecule has 108 valence electrons. The molecule has 0 bridgehead atoms. The lowest BCUT2D eigenvalue weighted by Gasteiger charge is -2.04. The van der Waals surface area contributed by atoms with Gasteiger partial charge in [-0.2, -0.15) is 4.98 Å². The van der Waals surface area contributed by atoms with Crippen LogP contribution in [0, 0.1) is 0 Å². The van der Waals surface area contributed by atoms with Crippen LogP contribution in [-0.2, 0) is 13.0 Å². The molecule has 0 amide bonds. The molecule has 0 spiro atoms. The first-order chi connectivity index (χ1) is 9.72. The van der Waals surface area contributed by atoms with E-state index in [4.69, 9.17) is 20.8 Å². The Kier molecular flexibility index (Phi) is 5.44. The summed E-state index contributed by atoms with van der Waals surface area (Å²) >= 11 is 6.07. The molecule has 20 heavy (non-hydrogen) atoms. The Morgan fingerprint density at radius 1 is 1.35 bits per heavy atom. The zero-order valence-corrected chi connectivity index (χ0v) is 12.5. The third-order valence-corrected chi connectivity index (χ3v) is 3.24. The molecular weight excluding hydrogens is 276 g/mol. The topological polar surface area (TPSA) is 47.3 Å². The molecule has 0 aliphatic heterocycles. The van der Waals surface area contributed by atoms with E-state index < -0.39 is 0 Å². The molecule has 5 heteroatoms. The second kappa shape index (κ2) is 7.31. The first kappa shape index (κ1) is 14.9. The van der Waals surface area contributed by atoms with Gasteiger partial charge in [-0.15, -0.1) is 0 Å². The van der Waals surface area contributed by atoms with Gasteiger partial charge in [0.05, 0.1) is 5.69 Å². The monoisotopic (exact) mass is 294 g/mol. The Hall–Kier alpha value is -1.52. The molecule has 2 aromatic rings. The molecule has 2 rings (SSSR count). The largest absolute Gasteiger partial charge is 0.417 e. The maximum atomic E-state index is 6.07. The number of aromatic nitrogens is 1. The fraction of sp³-hybridized carbons (Fsp3) is 0.400. The molecule has 0 fully saturated rings. The number of halogens is 1. The molecule has 0 atom stereocenters. The van der Waals surface area contributed by atoms with Gasteiger partial charge in [0.2, 0.25) is 0 Å². The first-order valence-electron chi connectivity index (χ1n) is 6.84. The van der Waals surface area contributed by atoms with E-state index >= 15 is 0 Å². The van der Waals surface area contributed by atoms with Crippen LogP contribution in [0.1, 0.15) is 31.5 Å². The molecule has 0 saturated heterocycles. The average Bonchev–Trinajstić information content (AvgIpc) is 2.89. The predicted octanol–water partition coefficient (Wildman–Crippen LogP) is 4.18. The summed E-state index contributed by atoms with van der Waals surface area (Å²) in [5.41, 5.74) is 1.87. The quantitative estimate of drug-likeness (QED) is 0.778. The van der Waals surface area contributed by atoms with E-state index in [-0.39, 0.29) is 6.08 Å². The number of oxazole rings is 1. The lowest BCUT2D eigenvalue weighted by Crippen LogP contribution is -2.13. The molecule has 1 heterocycles. The van der Waals surface area contributed by atoms with Crippen molar-refractivity contribution in [1.82, 2.24) is 10.3 Å². The van der Waals surface area contributed by atoms with Crippen molar-refractivity contribution in [3.05, 3.63) is 40.7 Å². The molecule has 4 nitrogen and oxygen atoms in total. The van der Waals surface area contributed by atoms with Crippen LogP contribution in [-0.4, -0.2) is 11.5 Å². The molecule has 0 saturated carbocycles. The lowest BCUT2D eigenvalue weighted by molar-refractivity contribution is 0.330. The Morgan fingerprint density at radius 2 is 2.20 bits per heavy atom. The van der Waals surface area contributed by atoms with Gasteiger partial charge in [-0.05, 0) is 43.1 Å². The summed E-state index contributed by atoms with van der Waals surface area (Å²) in [5, 5.41) is 4.01. The fourth-order valence-electron chi connectivity index (χ4n) is 1.80. The third-order valence-electron chi connectivity index (χ3n) is 2.87. The van der Waals surface area contributed by atoms with Crippen LogP contribution in [0.2, 0.25) is 5.02 Å². The number of hydrogen-bond donors (Lipinski definition) is 1. The van der Waals surface area contributed by atoms with Gasteiger partial charge in [0, 0.05) is 11.6 Å². The maximum absolute atomic E-state index is 6.07. The van der Waals surface area contributed by atoms with Crippen molar-refractivity contribution in [3.8, 4) is 11.8 Å². The number of ether oxygens (including phenoxy) is 1. The smallest absolute Gasteiger partial charge is 0.399 e. The van der Waals surface area contributed by atoms with Crippen LogP contribution < -0.4 is 10.1 Å². The molecule has 1 aromatic heterocycles. The summed E-state index contributed by atoms with van der Waals surface area (Å²) < 4.78 is 10.9. The number of nitrogens with one attached hydrogen (secondary N) is 1. The standard InChI is InChI=1S/C15H19ClN2O2/c1-3-7-17-9-12-10-19-15(18-12)20-13-5-6-14(16)11(4-2)8-13/h5-6,8,10,17H,3-4,7,9H2,1-2H3. The average molecular weight is 295 g/mol. The van der Waals surface area contributed by atoms with Crippen LogP contribution in [0.5, 0.6) is 11.8 Å². The number of benzene rings is 1. The van der Waals surface area contributed by atoms with E-state index in [9.17, 15) is 0 Å². The Bertz CT molecular complexity index is 555. The molecule has 1 N–H and O–H groups in total. The molecule has 1 aromatic carbocycles. The van der Waals surface area contributed by atoms with Gasteiger partial charge in [0.25, 0.3) is 0 Å². The molecular formula is C15H19ClN2O2. The predicted molar refractivity (Wildman–Crippen MR) is 79.4 cm³/mol. The van der Waals surface area contributed by atoms with Crippen molar-refractivity contribution in [2.75, 3.05) is 6.54 Å². The summed E-state index contributed by atoms with van der Waals surface area (Å²) in [7, 11) is 0. The highest BCUT2D eigenvalue weighted by Crippen LogP contribution is 2.26. The van der Waals surface area contributed by atoms with Crippen molar-refractivity contribution in [2.45, 2.75) is 33.2 Å². The van der Waals surface area contributed by atoms with Gasteiger partial charge in [0.1, 0.15) is 12.0 Å². The van der Waals surface area contributed by atoms with Gasteiger partial charge < -0.3 is 14.5 Å². The van der Waals surface area contributed by atoms with Gasteiger partial charge in [-0.25, -0.2) is 0 Å². The Morgan fingerprint density at radius 3 is 2.95 bits per heavy atom. The summed E-state index contributed by atoms with van der Waals surface area (Å²) in [6, 6.07) is 5.53. The van der Waals surface area contributed by atoms with Crippen molar-refractivity contribution in [1.29, 1.82) is 0 Å². The van der Waals surface area contributed by atoms with Crippen LogP contribution >= 0.6 is 11.6 Å². The minimum atomic E-state index is 0.252. The number of nitrogens with zero attached hydrogens (tertiary/aromatic N) is 1. The van der Waals surface area contributed by atoms with E-state index in [1.807, 2.05) is 19.1 Å². The van der Waals surface area contributed by atoms with Crippen molar-refractivity contribution < 1.29 is 9.15 Å². The van der Waals surface area contributed by atoms with E-state index in [0.29, 0.717) is 12.3 Å². The molecule has 0 unspecified atom stereocenters. The first-order valence-corrected chi connectivity index (χ1v) is 7.22. The minimum Gasteiger partial charge on any atom is -0.417 e. The van der Waals surface area contributed by atoms with Crippen LogP contribution in [0.25, 0.3) is 0 Å². The second-order valence-corrected chi connectivity index (χ2v) is 4.90. The normalized spacial score (nSPS) is 10.8. The Labute approximate surface area is 124 Å². The highest BCUT2D eigenvalue weighted by Gasteiger charge is 2.07. The van der Waals surface area contributed by atoms with Gasteiger partial charge in [-0.1, -0.05) is 25.4 Å². The van der Waals surface area contributed by atoms with Crippen molar-refractivity contribution >= 4 is 11.6 Å². The number of hydrogen-bond acceptors (Lipinski definition) is 4. The summed E-state index contributed by atoms with van der Waals surface area (Å²) in [4.78, 5) is 4.27. The number of aryl methyl sites for hydroxylation is 1. The van der Waals surface area contributed by atoms with Gasteiger partial charge in [0.15, 0.2) is 0 Å². The fourth-order valence-corrected chi connectivity index (χ4v) is 2.05. The summed E-state index contributed by atoms with van der Waals surface area (Å²) in [6.07, 6.45) is 3.80. The summed E-state index contributed by atoms with van der Waals surface area (Å²) in [6.45, 7) is 5.81. The zero-order chi connectivity index (χ0) is 14.4. The SMILES string of the molecule is CCCNCc1coc(Oc2ccc(Cl)c(CC)c2)n1. The third kappa shape index (κ3) is 3.99. The second-order valence-electron chi connectivity index (χ2n) is 4.49. The minimum absolute atomic E-state index is 0.252. The molecule has 0 aliphatic carbocycles. The molecule has 0 radical (unpaired) electrons. The lowest BCUT2D eigenvalue weighted by atomic mass is 10.2. The molecule has 0 aliphatic rings. The summed E-state index contributed by atoms with van der Waals surface area (Å²) in [5.74, 6) is 0.682. The van der Waals surface area contributed by atoms with Crippen LogP contribution in [0.15, 0.2) is 28.9 Å². The highest BCUT2D eigenvalue weighted by molar-refractivity contribution is 6.31. The van der Waals surface area contributed by atoms with Crippen molar-refractivity contribution in [2.24, 2.45) is 0 Å². The van der Waals surface area contributed by atoms with Crippen LogP contribution in [0.3, 0.4) is 0 Å². The highest BCUT2D eigenvalue weighted by atomic mass is 35.5. The van der Waals surface area contributed by atoms with Crippen molar-refractivity contribution in [3.63, 3.8) is 0 Å². The van der Waals surface area contributed by atoms with E-state index in [1.54, 1.807) is 12.3 Å². The number of rotatable bonds is 7. The van der Waals surface area contributed by atoms with Gasteiger partial charge in [-0.3, -0.25) is 0 Å². The maximum Gasteiger partial charge on any atom is 0.399 e. The van der Waals surface area contributed by atoms with E-state index in [0.717, 1.165) is 35.7 Å². The van der Waals surface area contributed by atoms with E-state index in [1.165, 1.54) is 0 Å². The zero-order valence-electron chi connectivity index (χ0n) is 11.8. The van der Waals surface area contributed by atoms with Crippen LogP contribution in [0.4, 0.5) is 0 Å². The van der Waals surface area contributed by atoms with E-state index in [2.05, 4.69) is 17.2 Å².